The van der Waals surface area contributed by atoms with E-state index >= 15 is 0 Å². The van der Waals surface area contributed by atoms with Crippen molar-refractivity contribution < 1.29 is 14.3 Å². The maximum Gasteiger partial charge on any atom is 0.298 e. The second kappa shape index (κ2) is 9.77. The van der Waals surface area contributed by atoms with Gasteiger partial charge >= 0.3 is 0 Å². The number of carbonyl (C=O) groups is 2. The number of hydrogen-bond acceptors (Lipinski definition) is 4. The summed E-state index contributed by atoms with van der Waals surface area (Å²) in [5.41, 5.74) is 2.19. The quantitative estimate of drug-likeness (QED) is 0.217. The van der Waals surface area contributed by atoms with Gasteiger partial charge in [0.2, 0.25) is 0 Å². The molecule has 0 saturated carbocycles. The number of halogens is 3. The van der Waals surface area contributed by atoms with E-state index in [0.717, 1.165) is 30.3 Å². The minimum Gasteiger partial charge on any atom is -0.488 e. The molecular formula is C23H14BrClINO3S. The minimum atomic E-state index is -0.388. The van der Waals surface area contributed by atoms with E-state index < -0.39 is 0 Å². The third kappa shape index (κ3) is 5.34. The van der Waals surface area contributed by atoms with Crippen LogP contribution in [0.3, 0.4) is 0 Å². The first-order valence-corrected chi connectivity index (χ1v) is 12.2. The molecule has 3 aromatic rings. The third-order valence-corrected chi connectivity index (χ3v) is 6.74. The Morgan fingerprint density at radius 2 is 1.84 bits per heavy atom. The monoisotopic (exact) mass is 625 g/mol. The predicted molar refractivity (Wildman–Crippen MR) is 138 cm³/mol. The second-order valence-corrected chi connectivity index (χ2v) is 10.2. The Kier molecular flexibility index (Phi) is 7.05. The summed E-state index contributed by atoms with van der Waals surface area (Å²) in [4.78, 5) is 26.9. The number of amides is 2. The van der Waals surface area contributed by atoms with Gasteiger partial charge in [0.1, 0.15) is 12.4 Å². The predicted octanol–water partition coefficient (Wildman–Crippen LogP) is 7.53. The molecule has 4 nitrogen and oxygen atoms in total. The van der Waals surface area contributed by atoms with Gasteiger partial charge in [-0.25, -0.2) is 4.90 Å². The summed E-state index contributed by atoms with van der Waals surface area (Å²) in [6.07, 6.45) is 1.68. The molecule has 1 saturated heterocycles. The number of ether oxygens (including phenoxy) is 1. The van der Waals surface area contributed by atoms with E-state index in [1.54, 1.807) is 30.3 Å². The molecule has 0 aromatic heterocycles. The van der Waals surface area contributed by atoms with E-state index in [4.69, 9.17) is 16.3 Å². The van der Waals surface area contributed by atoms with Crippen molar-refractivity contribution in [3.8, 4) is 5.75 Å². The van der Waals surface area contributed by atoms with E-state index in [1.807, 2.05) is 42.5 Å². The third-order valence-electron chi connectivity index (χ3n) is 4.43. The number of carbonyl (C=O) groups excluding carboxylic acids is 2. The number of rotatable bonds is 5. The summed E-state index contributed by atoms with van der Waals surface area (Å²) in [6, 6.07) is 20.3. The molecule has 0 aliphatic carbocycles. The number of hydrogen-bond donors (Lipinski definition) is 0. The van der Waals surface area contributed by atoms with Gasteiger partial charge in [0.25, 0.3) is 11.1 Å². The highest BCUT2D eigenvalue weighted by molar-refractivity contribution is 14.1. The van der Waals surface area contributed by atoms with Crippen LogP contribution in [0.15, 0.2) is 76.1 Å². The highest BCUT2D eigenvalue weighted by Crippen LogP contribution is 2.38. The molecule has 0 unspecified atom stereocenters. The number of nitrogens with zero attached hydrogens (tertiary/aromatic N) is 1. The average molecular weight is 627 g/mol. The molecule has 4 rings (SSSR count). The lowest BCUT2D eigenvalue weighted by Gasteiger charge is -2.12. The molecule has 1 aliphatic rings. The standard InChI is InChI=1S/C23H14BrClINO3S/c24-16-6-9-20(30-13-14-4-7-18(26)8-5-14)15(10-16)11-21-22(28)27(23(29)31-21)19-3-1-2-17(25)12-19/h1-12H,13H2/b21-11+. The molecule has 0 bridgehead atoms. The van der Waals surface area contributed by atoms with Crippen LogP contribution in [0.5, 0.6) is 5.75 Å². The summed E-state index contributed by atoms with van der Waals surface area (Å²) in [5.74, 6) is 0.233. The van der Waals surface area contributed by atoms with E-state index in [-0.39, 0.29) is 11.1 Å². The molecule has 31 heavy (non-hydrogen) atoms. The Labute approximate surface area is 210 Å². The van der Waals surface area contributed by atoms with E-state index in [9.17, 15) is 9.59 Å². The van der Waals surface area contributed by atoms with Crippen LogP contribution in [0, 0.1) is 3.57 Å². The fraction of sp³-hybridized carbons (Fsp3) is 0.0435. The minimum absolute atomic E-state index is 0.321. The molecule has 1 fully saturated rings. The lowest BCUT2D eigenvalue weighted by Crippen LogP contribution is -2.27. The highest BCUT2D eigenvalue weighted by Gasteiger charge is 2.36. The molecule has 0 N–H and O–H groups in total. The second-order valence-electron chi connectivity index (χ2n) is 6.59. The Bertz CT molecular complexity index is 1200. The van der Waals surface area contributed by atoms with Crippen LogP contribution < -0.4 is 9.64 Å². The van der Waals surface area contributed by atoms with Gasteiger partial charge in [-0.05, 0) is 94.5 Å². The van der Waals surface area contributed by atoms with Gasteiger partial charge in [-0.15, -0.1) is 0 Å². The highest BCUT2D eigenvalue weighted by atomic mass is 127. The number of imide groups is 1. The van der Waals surface area contributed by atoms with E-state index in [1.165, 1.54) is 0 Å². The SMILES string of the molecule is O=C1S/C(=C/c2cc(Br)ccc2OCc2ccc(I)cc2)C(=O)N1c1cccc(Cl)c1. The summed E-state index contributed by atoms with van der Waals surface area (Å²) in [5, 5.41) is 0.0914. The van der Waals surface area contributed by atoms with Gasteiger partial charge < -0.3 is 4.74 Å². The summed E-state index contributed by atoms with van der Waals surface area (Å²) in [7, 11) is 0. The van der Waals surface area contributed by atoms with E-state index in [0.29, 0.717) is 33.5 Å². The Hall–Kier alpha value is -1.81. The van der Waals surface area contributed by atoms with Crippen molar-refractivity contribution in [2.24, 2.45) is 0 Å². The van der Waals surface area contributed by atoms with Gasteiger partial charge in [-0.2, -0.15) is 0 Å². The normalized spacial score (nSPS) is 15.1. The molecule has 1 heterocycles. The molecule has 1 aliphatic heterocycles. The maximum absolute atomic E-state index is 13.0. The van der Waals surface area contributed by atoms with Crippen molar-refractivity contribution in [2.75, 3.05) is 4.90 Å². The summed E-state index contributed by atoms with van der Waals surface area (Å²) in [6.45, 7) is 0.392. The van der Waals surface area contributed by atoms with Crippen molar-refractivity contribution in [1.82, 2.24) is 0 Å². The molecule has 0 spiro atoms. The lowest BCUT2D eigenvalue weighted by atomic mass is 10.1. The number of benzene rings is 3. The van der Waals surface area contributed by atoms with Crippen molar-refractivity contribution in [3.05, 3.63) is 95.8 Å². The van der Waals surface area contributed by atoms with Gasteiger partial charge in [0.15, 0.2) is 0 Å². The molecule has 3 aromatic carbocycles. The van der Waals surface area contributed by atoms with Crippen molar-refractivity contribution in [3.63, 3.8) is 0 Å². The van der Waals surface area contributed by atoms with Crippen molar-refractivity contribution in [1.29, 1.82) is 0 Å². The molecule has 156 valence electrons. The Morgan fingerprint density at radius 1 is 1.06 bits per heavy atom. The Morgan fingerprint density at radius 3 is 2.58 bits per heavy atom. The van der Waals surface area contributed by atoms with Crippen LogP contribution in [0.2, 0.25) is 5.02 Å². The fourth-order valence-electron chi connectivity index (χ4n) is 2.95. The van der Waals surface area contributed by atoms with Crippen LogP contribution >= 0.6 is 61.9 Å². The maximum atomic E-state index is 13.0. The molecular weight excluding hydrogens is 613 g/mol. The molecule has 0 radical (unpaired) electrons. The average Bonchev–Trinajstić information content (AvgIpc) is 3.01. The first kappa shape index (κ1) is 22.4. The smallest absolute Gasteiger partial charge is 0.298 e. The first-order valence-electron chi connectivity index (χ1n) is 9.11. The van der Waals surface area contributed by atoms with Crippen molar-refractivity contribution in [2.45, 2.75) is 6.61 Å². The van der Waals surface area contributed by atoms with Gasteiger partial charge in [0, 0.05) is 18.6 Å². The largest absolute Gasteiger partial charge is 0.488 e. The topological polar surface area (TPSA) is 46.6 Å². The fourth-order valence-corrected chi connectivity index (χ4v) is 4.71. The molecule has 0 atom stereocenters. The van der Waals surface area contributed by atoms with Gasteiger partial charge in [0.05, 0.1) is 10.6 Å². The van der Waals surface area contributed by atoms with E-state index in [2.05, 4.69) is 38.5 Å². The zero-order chi connectivity index (χ0) is 22.0. The lowest BCUT2D eigenvalue weighted by molar-refractivity contribution is -0.113. The molecule has 2 amide bonds. The Balaban J connectivity index is 1.60. The zero-order valence-electron chi connectivity index (χ0n) is 15.8. The van der Waals surface area contributed by atoms with Crippen molar-refractivity contribution >= 4 is 84.8 Å². The first-order chi connectivity index (χ1) is 14.9. The van der Waals surface area contributed by atoms with Crippen LogP contribution in [0.25, 0.3) is 6.08 Å². The summed E-state index contributed by atoms with van der Waals surface area (Å²) < 4.78 is 8.01. The van der Waals surface area contributed by atoms with Gasteiger partial charge in [-0.1, -0.05) is 45.7 Å². The molecule has 8 heteroatoms. The zero-order valence-corrected chi connectivity index (χ0v) is 21.2. The van der Waals surface area contributed by atoms with Crippen LogP contribution in [0.4, 0.5) is 10.5 Å². The van der Waals surface area contributed by atoms with Gasteiger partial charge in [-0.3, -0.25) is 9.59 Å². The number of thioether (sulfide) groups is 1. The number of anilines is 1. The van der Waals surface area contributed by atoms with Crippen LogP contribution in [-0.2, 0) is 11.4 Å². The van der Waals surface area contributed by atoms with Crippen LogP contribution in [0.1, 0.15) is 11.1 Å². The summed E-state index contributed by atoms with van der Waals surface area (Å²) >= 11 is 12.6. The van der Waals surface area contributed by atoms with Crippen LogP contribution in [-0.4, -0.2) is 11.1 Å².